The van der Waals surface area contributed by atoms with Crippen molar-refractivity contribution >= 4 is 11.8 Å². The highest BCUT2D eigenvalue weighted by molar-refractivity contribution is 5.97. The summed E-state index contributed by atoms with van der Waals surface area (Å²) in [5, 5.41) is 2.86. The maximum Gasteiger partial charge on any atom is 0.246 e. The minimum Gasteiger partial charge on any atom is -0.383 e. The average molecular weight is 270 g/mol. The molecule has 3 unspecified atom stereocenters. The predicted molar refractivity (Wildman–Crippen MR) is 73.6 cm³/mol. The van der Waals surface area contributed by atoms with Crippen molar-refractivity contribution in [1.29, 1.82) is 0 Å². The summed E-state index contributed by atoms with van der Waals surface area (Å²) in [4.78, 5) is 26.5. The van der Waals surface area contributed by atoms with Gasteiger partial charge in [0.15, 0.2) is 0 Å². The lowest BCUT2D eigenvalue weighted by molar-refractivity contribution is -0.154. The Morgan fingerprint density at radius 1 is 1.32 bits per heavy atom. The monoisotopic (exact) mass is 270 g/mol. The topological polar surface area (TPSA) is 58.6 Å². The fourth-order valence-corrected chi connectivity index (χ4v) is 2.59. The van der Waals surface area contributed by atoms with E-state index in [-0.39, 0.29) is 29.8 Å². The van der Waals surface area contributed by atoms with Crippen LogP contribution in [0.5, 0.6) is 0 Å². The van der Waals surface area contributed by atoms with E-state index in [2.05, 4.69) is 5.32 Å². The second-order valence-corrected chi connectivity index (χ2v) is 5.58. The molecule has 110 valence electrons. The third kappa shape index (κ3) is 3.47. The molecule has 0 aromatic rings. The summed E-state index contributed by atoms with van der Waals surface area (Å²) < 4.78 is 5.14. The van der Waals surface area contributed by atoms with E-state index in [1.165, 1.54) is 0 Å². The SMILES string of the molecule is CCCC1C(=O)NC(C(C)C)C(=O)N1C(C)COC. The van der Waals surface area contributed by atoms with E-state index in [1.807, 2.05) is 27.7 Å². The first-order chi connectivity index (χ1) is 8.93. The van der Waals surface area contributed by atoms with Crippen molar-refractivity contribution in [3.8, 4) is 0 Å². The highest BCUT2D eigenvalue weighted by Crippen LogP contribution is 2.21. The number of hydrogen-bond acceptors (Lipinski definition) is 3. The predicted octanol–water partition coefficient (Wildman–Crippen LogP) is 1.17. The van der Waals surface area contributed by atoms with Gasteiger partial charge in [0.2, 0.25) is 11.8 Å². The zero-order chi connectivity index (χ0) is 14.6. The molecule has 5 heteroatoms. The van der Waals surface area contributed by atoms with E-state index in [0.29, 0.717) is 13.0 Å². The molecule has 1 aliphatic heterocycles. The molecule has 0 saturated carbocycles. The number of rotatable bonds is 6. The summed E-state index contributed by atoms with van der Waals surface area (Å²) in [5.41, 5.74) is 0. The number of hydrogen-bond donors (Lipinski definition) is 1. The Hall–Kier alpha value is -1.10. The Labute approximate surface area is 115 Å². The minimum atomic E-state index is -0.417. The lowest BCUT2D eigenvalue weighted by Crippen LogP contribution is -2.67. The van der Waals surface area contributed by atoms with Crippen LogP contribution in [-0.4, -0.2) is 48.6 Å². The lowest BCUT2D eigenvalue weighted by atomic mass is 9.95. The summed E-state index contributed by atoms with van der Waals surface area (Å²) in [7, 11) is 1.61. The second-order valence-electron chi connectivity index (χ2n) is 5.58. The van der Waals surface area contributed by atoms with Crippen LogP contribution >= 0.6 is 0 Å². The molecule has 0 aromatic carbocycles. The van der Waals surface area contributed by atoms with Crippen molar-refractivity contribution in [2.45, 2.75) is 58.7 Å². The van der Waals surface area contributed by atoms with E-state index in [4.69, 9.17) is 4.74 Å². The van der Waals surface area contributed by atoms with Crippen LogP contribution in [0.3, 0.4) is 0 Å². The van der Waals surface area contributed by atoms with E-state index < -0.39 is 6.04 Å². The molecular weight excluding hydrogens is 244 g/mol. The van der Waals surface area contributed by atoms with E-state index in [1.54, 1.807) is 12.0 Å². The molecule has 0 aromatic heterocycles. The number of carbonyl (C=O) groups is 2. The molecule has 3 atom stereocenters. The van der Waals surface area contributed by atoms with Gasteiger partial charge in [-0.3, -0.25) is 9.59 Å². The highest BCUT2D eigenvalue weighted by Gasteiger charge is 2.43. The third-order valence-corrected chi connectivity index (χ3v) is 3.57. The number of nitrogens with zero attached hydrogens (tertiary/aromatic N) is 1. The summed E-state index contributed by atoms with van der Waals surface area (Å²) >= 11 is 0. The van der Waals surface area contributed by atoms with Gasteiger partial charge in [0.05, 0.1) is 12.6 Å². The van der Waals surface area contributed by atoms with Gasteiger partial charge < -0.3 is 15.0 Å². The molecule has 5 nitrogen and oxygen atoms in total. The standard InChI is InChI=1S/C14H26N2O3/c1-6-7-11-13(17)15-12(9(2)3)14(18)16(11)10(4)8-19-5/h9-12H,6-8H2,1-5H3,(H,15,17). The number of piperazine rings is 1. The van der Waals surface area contributed by atoms with Crippen molar-refractivity contribution in [1.82, 2.24) is 10.2 Å². The van der Waals surface area contributed by atoms with Gasteiger partial charge in [0.1, 0.15) is 12.1 Å². The Balaban J connectivity index is 2.99. The van der Waals surface area contributed by atoms with E-state index >= 15 is 0 Å². The van der Waals surface area contributed by atoms with Crippen LogP contribution in [0.2, 0.25) is 0 Å². The minimum absolute atomic E-state index is 0.0117. The first kappa shape index (κ1) is 16.0. The molecule has 1 rings (SSSR count). The quantitative estimate of drug-likeness (QED) is 0.788. The molecule has 1 N–H and O–H groups in total. The molecular formula is C14H26N2O3. The van der Waals surface area contributed by atoms with Gasteiger partial charge >= 0.3 is 0 Å². The maximum absolute atomic E-state index is 12.6. The smallest absolute Gasteiger partial charge is 0.246 e. The highest BCUT2D eigenvalue weighted by atomic mass is 16.5. The van der Waals surface area contributed by atoms with Crippen molar-refractivity contribution in [2.75, 3.05) is 13.7 Å². The molecule has 0 spiro atoms. The molecule has 1 saturated heterocycles. The lowest BCUT2D eigenvalue weighted by Gasteiger charge is -2.43. The molecule has 1 aliphatic rings. The van der Waals surface area contributed by atoms with Gasteiger partial charge in [-0.2, -0.15) is 0 Å². The summed E-state index contributed by atoms with van der Waals surface area (Å²) in [6, 6.07) is -0.862. The van der Waals surface area contributed by atoms with Gasteiger partial charge in [0, 0.05) is 7.11 Å². The summed E-state index contributed by atoms with van der Waals surface area (Å²) in [6.07, 6.45) is 1.56. The number of methoxy groups -OCH3 is 1. The van der Waals surface area contributed by atoms with E-state index in [0.717, 1.165) is 6.42 Å². The first-order valence-corrected chi connectivity index (χ1v) is 7.05. The van der Waals surface area contributed by atoms with Crippen molar-refractivity contribution in [3.05, 3.63) is 0 Å². The summed E-state index contributed by atoms with van der Waals surface area (Å²) in [5.74, 6) is 0.0666. The van der Waals surface area contributed by atoms with Crippen LogP contribution in [-0.2, 0) is 14.3 Å². The summed E-state index contributed by atoms with van der Waals surface area (Å²) in [6.45, 7) is 8.29. The number of amides is 2. The van der Waals surface area contributed by atoms with Crippen LogP contribution in [0, 0.1) is 5.92 Å². The van der Waals surface area contributed by atoms with Crippen molar-refractivity contribution < 1.29 is 14.3 Å². The van der Waals surface area contributed by atoms with Crippen molar-refractivity contribution in [2.24, 2.45) is 5.92 Å². The Morgan fingerprint density at radius 3 is 2.42 bits per heavy atom. The van der Waals surface area contributed by atoms with Gasteiger partial charge in [-0.15, -0.1) is 0 Å². The van der Waals surface area contributed by atoms with Crippen LogP contribution in [0.25, 0.3) is 0 Å². The first-order valence-electron chi connectivity index (χ1n) is 7.05. The van der Waals surface area contributed by atoms with Crippen LogP contribution in [0.15, 0.2) is 0 Å². The number of carbonyl (C=O) groups excluding carboxylic acids is 2. The van der Waals surface area contributed by atoms with Gasteiger partial charge in [-0.05, 0) is 19.3 Å². The molecule has 1 heterocycles. The normalized spacial score (nSPS) is 25.7. The molecule has 1 fully saturated rings. The second kappa shape index (κ2) is 6.89. The molecule has 0 bridgehead atoms. The van der Waals surface area contributed by atoms with Gasteiger partial charge in [-0.1, -0.05) is 27.2 Å². The molecule has 2 amide bonds. The Kier molecular flexibility index (Phi) is 5.79. The molecule has 0 radical (unpaired) electrons. The van der Waals surface area contributed by atoms with Crippen LogP contribution in [0.1, 0.15) is 40.5 Å². The largest absolute Gasteiger partial charge is 0.383 e. The fourth-order valence-electron chi connectivity index (χ4n) is 2.59. The van der Waals surface area contributed by atoms with Crippen LogP contribution in [0.4, 0.5) is 0 Å². The molecule has 0 aliphatic carbocycles. The van der Waals surface area contributed by atoms with Gasteiger partial charge in [0.25, 0.3) is 0 Å². The maximum atomic E-state index is 12.6. The zero-order valence-corrected chi connectivity index (χ0v) is 12.6. The number of nitrogens with one attached hydrogen (secondary N) is 1. The molecule has 19 heavy (non-hydrogen) atoms. The number of ether oxygens (including phenoxy) is 1. The van der Waals surface area contributed by atoms with Crippen LogP contribution < -0.4 is 5.32 Å². The van der Waals surface area contributed by atoms with E-state index in [9.17, 15) is 9.59 Å². The zero-order valence-electron chi connectivity index (χ0n) is 12.6. The Morgan fingerprint density at radius 2 is 1.95 bits per heavy atom. The average Bonchev–Trinajstić information content (AvgIpc) is 2.33. The van der Waals surface area contributed by atoms with Crippen molar-refractivity contribution in [3.63, 3.8) is 0 Å². The fraction of sp³-hybridized carbons (Fsp3) is 0.857. The Bertz CT molecular complexity index is 331. The van der Waals surface area contributed by atoms with Gasteiger partial charge in [-0.25, -0.2) is 0 Å². The third-order valence-electron chi connectivity index (χ3n) is 3.57.